The van der Waals surface area contributed by atoms with Crippen molar-refractivity contribution in [2.24, 2.45) is 5.92 Å². The minimum Gasteiger partial charge on any atom is -0.451 e. The molecule has 0 aliphatic heterocycles. The number of non-ortho nitro benzene ring substituents is 1. The minimum absolute atomic E-state index is 0.0599. The molecule has 0 unspecified atom stereocenters. The fraction of sp³-hybridized carbons (Fsp3) is 0.385. The molecule has 0 saturated heterocycles. The largest absolute Gasteiger partial charge is 0.451 e. The Kier molecular flexibility index (Phi) is 3.59. The molecule has 1 aromatic carbocycles. The Morgan fingerprint density at radius 3 is 2.42 bits per heavy atom. The molecule has 0 aromatic heterocycles. The van der Waals surface area contributed by atoms with Crippen LogP contribution in [0, 0.1) is 16.0 Å². The molecule has 0 radical (unpaired) electrons. The van der Waals surface area contributed by atoms with Crippen molar-refractivity contribution < 1.29 is 19.2 Å². The second kappa shape index (κ2) is 5.17. The highest BCUT2D eigenvalue weighted by molar-refractivity contribution is 5.94. The van der Waals surface area contributed by atoms with Gasteiger partial charge in [0.2, 0.25) is 0 Å². The van der Waals surface area contributed by atoms with E-state index in [0.717, 1.165) is 6.42 Å². The highest BCUT2D eigenvalue weighted by Gasteiger charge is 2.34. The predicted octanol–water partition coefficient (Wildman–Crippen LogP) is 2.12. The Bertz CT molecular complexity index is 522. The summed E-state index contributed by atoms with van der Waals surface area (Å²) < 4.78 is 5.12. The van der Waals surface area contributed by atoms with Crippen molar-refractivity contribution in [3.05, 3.63) is 39.9 Å². The SMILES string of the molecule is C[C@@H]1CC[C@@H](OC(=O)c2ccc([N+](=O)[O-])cc2)C1=O. The normalized spacial score (nSPS) is 22.3. The highest BCUT2D eigenvalue weighted by Crippen LogP contribution is 2.24. The summed E-state index contributed by atoms with van der Waals surface area (Å²) in [6.45, 7) is 1.81. The molecule has 0 heterocycles. The van der Waals surface area contributed by atoms with Gasteiger partial charge in [-0.2, -0.15) is 0 Å². The number of nitro benzene ring substituents is 1. The molecule has 1 aliphatic carbocycles. The van der Waals surface area contributed by atoms with Crippen molar-refractivity contribution in [1.29, 1.82) is 0 Å². The van der Waals surface area contributed by atoms with Crippen LogP contribution in [0.1, 0.15) is 30.1 Å². The average molecular weight is 263 g/mol. The van der Waals surface area contributed by atoms with Gasteiger partial charge < -0.3 is 4.74 Å². The number of Topliss-reactive ketones (excluding diaryl/α,β-unsaturated/α-hetero) is 1. The molecule has 0 amide bonds. The molecule has 0 spiro atoms. The first-order valence-electron chi connectivity index (χ1n) is 5.98. The number of benzene rings is 1. The van der Waals surface area contributed by atoms with Crippen LogP contribution in [0.3, 0.4) is 0 Å². The van der Waals surface area contributed by atoms with Crippen LogP contribution in [-0.2, 0) is 9.53 Å². The average Bonchev–Trinajstić information content (AvgIpc) is 2.71. The number of hydrogen-bond donors (Lipinski definition) is 0. The first-order valence-corrected chi connectivity index (χ1v) is 5.98. The van der Waals surface area contributed by atoms with E-state index in [-0.39, 0.29) is 23.0 Å². The molecule has 2 rings (SSSR count). The quantitative estimate of drug-likeness (QED) is 0.473. The summed E-state index contributed by atoms with van der Waals surface area (Å²) in [5.41, 5.74) is 0.111. The Labute approximate surface area is 109 Å². The van der Waals surface area contributed by atoms with Gasteiger partial charge in [-0.25, -0.2) is 4.79 Å². The maximum absolute atomic E-state index is 11.8. The van der Waals surface area contributed by atoms with Crippen molar-refractivity contribution in [2.45, 2.75) is 25.9 Å². The molecule has 1 aliphatic rings. The molecule has 1 saturated carbocycles. The van der Waals surface area contributed by atoms with E-state index in [0.29, 0.717) is 6.42 Å². The van der Waals surface area contributed by atoms with E-state index in [1.165, 1.54) is 24.3 Å². The zero-order valence-electron chi connectivity index (χ0n) is 10.4. The van der Waals surface area contributed by atoms with Gasteiger partial charge in [-0.15, -0.1) is 0 Å². The first-order chi connectivity index (χ1) is 8.99. The third kappa shape index (κ3) is 2.78. The number of rotatable bonds is 3. The highest BCUT2D eigenvalue weighted by atomic mass is 16.6. The fourth-order valence-electron chi connectivity index (χ4n) is 2.04. The van der Waals surface area contributed by atoms with Crippen LogP contribution in [-0.4, -0.2) is 22.8 Å². The van der Waals surface area contributed by atoms with E-state index >= 15 is 0 Å². The van der Waals surface area contributed by atoms with Gasteiger partial charge in [-0.1, -0.05) is 6.92 Å². The number of hydrogen-bond acceptors (Lipinski definition) is 5. The second-order valence-electron chi connectivity index (χ2n) is 4.58. The lowest BCUT2D eigenvalue weighted by Crippen LogP contribution is -2.24. The minimum atomic E-state index is -0.683. The van der Waals surface area contributed by atoms with Crippen molar-refractivity contribution in [3.63, 3.8) is 0 Å². The summed E-state index contributed by atoms with van der Waals surface area (Å²) in [6.07, 6.45) is 0.577. The van der Waals surface area contributed by atoms with E-state index in [9.17, 15) is 19.7 Å². The fourth-order valence-corrected chi connectivity index (χ4v) is 2.04. The lowest BCUT2D eigenvalue weighted by Gasteiger charge is -2.10. The van der Waals surface area contributed by atoms with Crippen LogP contribution < -0.4 is 0 Å². The molecule has 19 heavy (non-hydrogen) atoms. The van der Waals surface area contributed by atoms with Crippen LogP contribution >= 0.6 is 0 Å². The van der Waals surface area contributed by atoms with Gasteiger partial charge in [0.15, 0.2) is 11.9 Å². The summed E-state index contributed by atoms with van der Waals surface area (Å²) in [5, 5.41) is 10.5. The van der Waals surface area contributed by atoms with E-state index in [1.807, 2.05) is 6.92 Å². The molecule has 100 valence electrons. The number of nitrogens with zero attached hydrogens (tertiary/aromatic N) is 1. The third-order valence-corrected chi connectivity index (χ3v) is 3.23. The van der Waals surface area contributed by atoms with Crippen molar-refractivity contribution in [1.82, 2.24) is 0 Å². The lowest BCUT2D eigenvalue weighted by atomic mass is 10.1. The number of carbonyl (C=O) groups excluding carboxylic acids is 2. The van der Waals surface area contributed by atoms with Crippen molar-refractivity contribution in [2.75, 3.05) is 0 Å². The number of nitro groups is 1. The van der Waals surface area contributed by atoms with Crippen LogP contribution in [0.5, 0.6) is 0 Å². The van der Waals surface area contributed by atoms with Gasteiger partial charge in [-0.05, 0) is 25.0 Å². The van der Waals surface area contributed by atoms with Gasteiger partial charge >= 0.3 is 5.97 Å². The molecular formula is C13H13NO5. The number of esters is 1. The zero-order chi connectivity index (χ0) is 14.0. The maximum Gasteiger partial charge on any atom is 0.338 e. The predicted molar refractivity (Wildman–Crippen MR) is 65.7 cm³/mol. The summed E-state index contributed by atoms with van der Waals surface area (Å²) in [6, 6.07) is 5.11. The Balaban J connectivity index is 2.04. The van der Waals surface area contributed by atoms with Gasteiger partial charge in [0, 0.05) is 18.1 Å². The molecule has 0 bridgehead atoms. The third-order valence-electron chi connectivity index (χ3n) is 3.23. The molecule has 1 aromatic rings. The summed E-state index contributed by atoms with van der Waals surface area (Å²) >= 11 is 0. The molecular weight excluding hydrogens is 250 g/mol. The van der Waals surface area contributed by atoms with E-state index in [4.69, 9.17) is 4.74 Å². The van der Waals surface area contributed by atoms with Crippen LogP contribution in [0.25, 0.3) is 0 Å². The summed E-state index contributed by atoms with van der Waals surface area (Å²) in [4.78, 5) is 33.4. The van der Waals surface area contributed by atoms with Crippen LogP contribution in [0.15, 0.2) is 24.3 Å². The van der Waals surface area contributed by atoms with Crippen molar-refractivity contribution >= 4 is 17.4 Å². The standard InChI is InChI=1S/C13H13NO5/c1-8-2-7-11(12(8)15)19-13(16)9-3-5-10(6-4-9)14(17)18/h3-6,8,11H,2,7H2,1H3/t8-,11-/m1/s1. The van der Waals surface area contributed by atoms with Crippen LogP contribution in [0.4, 0.5) is 5.69 Å². The van der Waals surface area contributed by atoms with E-state index in [1.54, 1.807) is 0 Å². The number of carbonyl (C=O) groups is 2. The molecule has 6 heteroatoms. The van der Waals surface area contributed by atoms with E-state index < -0.39 is 17.0 Å². The number of ether oxygens (including phenoxy) is 1. The summed E-state index contributed by atoms with van der Waals surface area (Å²) in [5.74, 6) is -0.757. The second-order valence-corrected chi connectivity index (χ2v) is 4.58. The maximum atomic E-state index is 11.8. The molecule has 2 atom stereocenters. The van der Waals surface area contributed by atoms with Gasteiger partial charge in [0.1, 0.15) is 0 Å². The van der Waals surface area contributed by atoms with Gasteiger partial charge in [0.25, 0.3) is 5.69 Å². The molecule has 6 nitrogen and oxygen atoms in total. The number of ketones is 1. The Morgan fingerprint density at radius 1 is 1.32 bits per heavy atom. The monoisotopic (exact) mass is 263 g/mol. The van der Waals surface area contributed by atoms with Gasteiger partial charge in [0.05, 0.1) is 10.5 Å². The lowest BCUT2D eigenvalue weighted by molar-refractivity contribution is -0.384. The summed E-state index contributed by atoms with van der Waals surface area (Å²) in [7, 11) is 0. The molecule has 1 fully saturated rings. The Morgan fingerprint density at radius 2 is 1.95 bits per heavy atom. The topological polar surface area (TPSA) is 86.5 Å². The smallest absolute Gasteiger partial charge is 0.338 e. The van der Waals surface area contributed by atoms with Crippen LogP contribution in [0.2, 0.25) is 0 Å². The molecule has 0 N–H and O–H groups in total. The Hall–Kier alpha value is -2.24. The van der Waals surface area contributed by atoms with Crippen molar-refractivity contribution in [3.8, 4) is 0 Å². The van der Waals surface area contributed by atoms with Gasteiger partial charge in [-0.3, -0.25) is 14.9 Å². The zero-order valence-corrected chi connectivity index (χ0v) is 10.4. The first kappa shape index (κ1) is 13.2. The van der Waals surface area contributed by atoms with E-state index in [2.05, 4.69) is 0 Å².